The van der Waals surface area contributed by atoms with Gasteiger partial charge in [-0.2, -0.15) is 0 Å². The number of hydrogen-bond donors (Lipinski definition) is 2. The summed E-state index contributed by atoms with van der Waals surface area (Å²) in [5.41, 5.74) is 14.0. The second-order valence-electron chi connectivity index (χ2n) is 3.95. The summed E-state index contributed by atoms with van der Waals surface area (Å²) in [6.07, 6.45) is 3.23. The van der Waals surface area contributed by atoms with E-state index in [4.69, 9.17) is 11.5 Å². The number of rotatable bonds is 3. The lowest BCUT2D eigenvalue weighted by atomic mass is 10.1. The molecule has 3 nitrogen and oxygen atoms in total. The third-order valence-electron chi connectivity index (χ3n) is 2.56. The first kappa shape index (κ1) is 14.8. The summed E-state index contributed by atoms with van der Waals surface area (Å²) in [6, 6.07) is 14.3. The number of nitrogens with two attached hydrogens (primary N) is 2. The van der Waals surface area contributed by atoms with Crippen LogP contribution >= 0.6 is 12.4 Å². The molecule has 0 spiro atoms. The minimum absolute atomic E-state index is 0. The molecule has 0 amide bonds. The van der Waals surface area contributed by atoms with Gasteiger partial charge in [0, 0.05) is 16.9 Å². The topological polar surface area (TPSA) is 69.1 Å². The number of benzene rings is 2. The number of nitrogen functional groups attached to an aromatic ring is 2. The number of hydrogen-bond acceptors (Lipinski definition) is 3. The van der Waals surface area contributed by atoms with Crippen molar-refractivity contribution in [1.29, 1.82) is 0 Å². The zero-order valence-electron chi connectivity index (χ0n) is 10.2. The van der Waals surface area contributed by atoms with Gasteiger partial charge in [0.25, 0.3) is 0 Å². The van der Waals surface area contributed by atoms with Gasteiger partial charge in [-0.25, -0.2) is 0 Å². The fourth-order valence-electron chi connectivity index (χ4n) is 1.65. The van der Waals surface area contributed by atoms with Crippen molar-refractivity contribution < 1.29 is 4.79 Å². The second-order valence-corrected chi connectivity index (χ2v) is 3.95. The lowest BCUT2D eigenvalue weighted by Crippen LogP contribution is -1.99. The lowest BCUT2D eigenvalue weighted by molar-refractivity contribution is 0.104. The predicted octanol–water partition coefficient (Wildman–Crippen LogP) is 3.17. The highest BCUT2D eigenvalue weighted by molar-refractivity contribution is 6.10. The fourth-order valence-corrected chi connectivity index (χ4v) is 1.65. The standard InChI is InChI=1S/C15H14N2O.ClH/c16-12-5-3-4-11(10-12)8-9-15(18)13-6-1-2-7-14(13)17;/h1-10H,16-17H2;1H/b9-8+;. The molecule has 0 aliphatic heterocycles. The van der Waals surface area contributed by atoms with E-state index >= 15 is 0 Å². The van der Waals surface area contributed by atoms with Gasteiger partial charge in [-0.1, -0.05) is 30.3 Å². The van der Waals surface area contributed by atoms with Crippen LogP contribution < -0.4 is 11.5 Å². The molecule has 4 heteroatoms. The molecule has 2 rings (SSSR count). The van der Waals surface area contributed by atoms with Crippen LogP contribution in [-0.4, -0.2) is 5.78 Å². The summed E-state index contributed by atoms with van der Waals surface area (Å²) < 4.78 is 0. The Morgan fingerprint density at radius 2 is 1.74 bits per heavy atom. The molecule has 0 atom stereocenters. The van der Waals surface area contributed by atoms with Gasteiger partial charge in [-0.15, -0.1) is 12.4 Å². The molecule has 0 aromatic heterocycles. The molecule has 4 N–H and O–H groups in total. The monoisotopic (exact) mass is 274 g/mol. The normalized spacial score (nSPS) is 10.1. The summed E-state index contributed by atoms with van der Waals surface area (Å²) in [7, 11) is 0. The minimum atomic E-state index is -0.115. The molecular formula is C15H15ClN2O. The van der Waals surface area contributed by atoms with Crippen molar-refractivity contribution >= 4 is 35.6 Å². The van der Waals surface area contributed by atoms with Crippen LogP contribution in [0.3, 0.4) is 0 Å². The summed E-state index contributed by atoms with van der Waals surface area (Å²) in [5.74, 6) is -0.115. The van der Waals surface area contributed by atoms with Crippen LogP contribution in [0.25, 0.3) is 6.08 Å². The van der Waals surface area contributed by atoms with Gasteiger partial charge in [0.1, 0.15) is 0 Å². The molecule has 2 aromatic rings. The number of halogens is 1. The summed E-state index contributed by atoms with van der Waals surface area (Å²) in [6.45, 7) is 0. The summed E-state index contributed by atoms with van der Waals surface area (Å²) in [5, 5.41) is 0. The van der Waals surface area contributed by atoms with Crippen LogP contribution in [0.2, 0.25) is 0 Å². The molecule has 0 unspecified atom stereocenters. The van der Waals surface area contributed by atoms with Gasteiger partial charge >= 0.3 is 0 Å². The fraction of sp³-hybridized carbons (Fsp3) is 0. The van der Waals surface area contributed by atoms with Crippen molar-refractivity contribution in [3.8, 4) is 0 Å². The third kappa shape index (κ3) is 3.86. The Kier molecular flexibility index (Phi) is 5.15. The molecule has 0 heterocycles. The first-order chi connectivity index (χ1) is 8.66. The molecule has 98 valence electrons. The van der Waals surface area contributed by atoms with Gasteiger partial charge in [-0.3, -0.25) is 4.79 Å². The number of ketones is 1. The highest BCUT2D eigenvalue weighted by Gasteiger charge is 2.04. The zero-order chi connectivity index (χ0) is 13.0. The van der Waals surface area contributed by atoms with E-state index in [-0.39, 0.29) is 18.2 Å². The second kappa shape index (κ2) is 6.61. The molecule has 19 heavy (non-hydrogen) atoms. The Bertz CT molecular complexity index is 609. The van der Waals surface area contributed by atoms with Crippen LogP contribution in [0.5, 0.6) is 0 Å². The average molecular weight is 275 g/mol. The van der Waals surface area contributed by atoms with Crippen LogP contribution in [0.1, 0.15) is 15.9 Å². The molecule has 0 bridgehead atoms. The molecule has 2 aromatic carbocycles. The van der Waals surface area contributed by atoms with Crippen molar-refractivity contribution in [2.45, 2.75) is 0 Å². The first-order valence-corrected chi connectivity index (χ1v) is 5.59. The molecule has 0 saturated carbocycles. The summed E-state index contributed by atoms with van der Waals surface area (Å²) >= 11 is 0. The van der Waals surface area contributed by atoms with Crippen LogP contribution in [-0.2, 0) is 0 Å². The van der Waals surface area contributed by atoms with E-state index in [1.807, 2.05) is 12.1 Å². The SMILES string of the molecule is Cl.Nc1cccc(/C=C/C(=O)c2ccccc2N)c1. The maximum atomic E-state index is 11.9. The lowest BCUT2D eigenvalue weighted by Gasteiger charge is -2.00. The Morgan fingerprint density at radius 1 is 1.00 bits per heavy atom. The highest BCUT2D eigenvalue weighted by Crippen LogP contribution is 2.13. The van der Waals surface area contributed by atoms with E-state index in [1.165, 1.54) is 6.08 Å². The number of allylic oxidation sites excluding steroid dienone is 1. The average Bonchev–Trinajstić information content (AvgIpc) is 2.37. The number of carbonyl (C=O) groups is 1. The van der Waals surface area contributed by atoms with Crippen molar-refractivity contribution in [2.24, 2.45) is 0 Å². The van der Waals surface area contributed by atoms with E-state index in [1.54, 1.807) is 42.5 Å². The van der Waals surface area contributed by atoms with Crippen LogP contribution in [0.15, 0.2) is 54.6 Å². The van der Waals surface area contributed by atoms with E-state index < -0.39 is 0 Å². The summed E-state index contributed by atoms with van der Waals surface area (Å²) in [4.78, 5) is 11.9. The molecule has 0 radical (unpaired) electrons. The number of anilines is 2. The molecule has 0 aliphatic carbocycles. The Labute approximate surface area is 118 Å². The highest BCUT2D eigenvalue weighted by atomic mass is 35.5. The largest absolute Gasteiger partial charge is 0.399 e. The quantitative estimate of drug-likeness (QED) is 0.513. The van der Waals surface area contributed by atoms with E-state index in [2.05, 4.69) is 0 Å². The number of para-hydroxylation sites is 1. The molecule has 0 aliphatic rings. The van der Waals surface area contributed by atoms with E-state index in [0.717, 1.165) is 5.56 Å². The Morgan fingerprint density at radius 3 is 2.42 bits per heavy atom. The third-order valence-corrected chi connectivity index (χ3v) is 2.56. The van der Waals surface area contributed by atoms with E-state index in [0.29, 0.717) is 16.9 Å². The van der Waals surface area contributed by atoms with Crippen LogP contribution in [0, 0.1) is 0 Å². The Hall–Kier alpha value is -2.26. The van der Waals surface area contributed by atoms with Crippen molar-refractivity contribution in [2.75, 3.05) is 11.5 Å². The molecule has 0 saturated heterocycles. The minimum Gasteiger partial charge on any atom is -0.399 e. The predicted molar refractivity (Wildman–Crippen MR) is 82.3 cm³/mol. The van der Waals surface area contributed by atoms with Gasteiger partial charge < -0.3 is 11.5 Å². The maximum Gasteiger partial charge on any atom is 0.187 e. The first-order valence-electron chi connectivity index (χ1n) is 5.59. The van der Waals surface area contributed by atoms with Crippen molar-refractivity contribution in [1.82, 2.24) is 0 Å². The van der Waals surface area contributed by atoms with E-state index in [9.17, 15) is 4.79 Å². The van der Waals surface area contributed by atoms with Crippen LogP contribution in [0.4, 0.5) is 11.4 Å². The van der Waals surface area contributed by atoms with Gasteiger partial charge in [0.15, 0.2) is 5.78 Å². The van der Waals surface area contributed by atoms with Crippen molar-refractivity contribution in [3.05, 3.63) is 65.7 Å². The molecular weight excluding hydrogens is 260 g/mol. The zero-order valence-corrected chi connectivity index (χ0v) is 11.1. The van der Waals surface area contributed by atoms with Gasteiger partial charge in [0.05, 0.1) is 0 Å². The number of carbonyl (C=O) groups excluding carboxylic acids is 1. The Balaban J connectivity index is 0.00000180. The van der Waals surface area contributed by atoms with Gasteiger partial charge in [0.2, 0.25) is 0 Å². The van der Waals surface area contributed by atoms with Gasteiger partial charge in [-0.05, 0) is 35.9 Å². The molecule has 0 fully saturated rings. The van der Waals surface area contributed by atoms with Crippen molar-refractivity contribution in [3.63, 3.8) is 0 Å². The maximum absolute atomic E-state index is 11.9. The smallest absolute Gasteiger partial charge is 0.187 e.